The Morgan fingerprint density at radius 2 is 1.91 bits per heavy atom. The molecule has 1 saturated heterocycles. The number of amides is 1. The van der Waals surface area contributed by atoms with Crippen LogP contribution in [0, 0.1) is 6.92 Å². The standard InChI is InChI=1S/C24H19Cl2NO5/c1-3-31-19-11-14(8-9-17(19)26)22(28)20-21(18-10-7-13(2)32-18)27(24(30)23(20)29)16-6-4-5-15(25)12-16/h4-12,21,28H,3H2,1-2H3/b22-20-. The Morgan fingerprint density at radius 1 is 1.12 bits per heavy atom. The quantitative estimate of drug-likeness (QED) is 0.283. The molecule has 1 N–H and O–H groups in total. The number of aryl methyl sites for hydroxylation is 1. The van der Waals surface area contributed by atoms with E-state index in [0.29, 0.717) is 39.6 Å². The van der Waals surface area contributed by atoms with Crippen molar-refractivity contribution in [1.82, 2.24) is 0 Å². The molecule has 0 saturated carbocycles. The minimum absolute atomic E-state index is 0.103. The summed E-state index contributed by atoms with van der Waals surface area (Å²) < 4.78 is 11.3. The Hall–Kier alpha value is -3.22. The van der Waals surface area contributed by atoms with Gasteiger partial charge in [-0.05, 0) is 62.4 Å². The molecule has 32 heavy (non-hydrogen) atoms. The topological polar surface area (TPSA) is 80.0 Å². The zero-order valence-electron chi connectivity index (χ0n) is 17.3. The molecule has 2 heterocycles. The van der Waals surface area contributed by atoms with Gasteiger partial charge in [-0.25, -0.2) is 0 Å². The highest BCUT2D eigenvalue weighted by molar-refractivity contribution is 6.51. The lowest BCUT2D eigenvalue weighted by Gasteiger charge is -2.23. The second kappa shape index (κ2) is 8.73. The third-order valence-corrected chi connectivity index (χ3v) is 5.61. The molecule has 1 atom stereocenters. The van der Waals surface area contributed by atoms with Gasteiger partial charge in [0.05, 0.1) is 17.2 Å². The van der Waals surface area contributed by atoms with Crippen molar-refractivity contribution in [2.24, 2.45) is 0 Å². The molecule has 8 heteroatoms. The third kappa shape index (κ3) is 3.87. The minimum atomic E-state index is -0.978. The molecule has 0 radical (unpaired) electrons. The summed E-state index contributed by atoms with van der Waals surface area (Å²) in [7, 11) is 0. The number of aliphatic hydroxyl groups is 1. The van der Waals surface area contributed by atoms with Gasteiger partial charge in [-0.2, -0.15) is 0 Å². The predicted octanol–water partition coefficient (Wildman–Crippen LogP) is 5.92. The van der Waals surface area contributed by atoms with E-state index in [4.69, 9.17) is 32.4 Å². The van der Waals surface area contributed by atoms with E-state index in [2.05, 4.69) is 0 Å². The number of furan rings is 1. The molecule has 6 nitrogen and oxygen atoms in total. The van der Waals surface area contributed by atoms with Crippen LogP contribution < -0.4 is 9.64 Å². The number of Topliss-reactive ketones (excluding diaryl/α,β-unsaturated/α-hetero) is 1. The maximum atomic E-state index is 13.1. The van der Waals surface area contributed by atoms with Gasteiger partial charge < -0.3 is 14.3 Å². The minimum Gasteiger partial charge on any atom is -0.507 e. The zero-order chi connectivity index (χ0) is 23.0. The highest BCUT2D eigenvalue weighted by atomic mass is 35.5. The van der Waals surface area contributed by atoms with E-state index in [1.54, 1.807) is 62.4 Å². The van der Waals surface area contributed by atoms with E-state index in [1.807, 2.05) is 0 Å². The number of hydrogen-bond acceptors (Lipinski definition) is 5. The summed E-state index contributed by atoms with van der Waals surface area (Å²) in [5, 5.41) is 11.9. The molecule has 2 aromatic carbocycles. The summed E-state index contributed by atoms with van der Waals surface area (Å²) in [5.74, 6) is -0.706. The van der Waals surface area contributed by atoms with E-state index >= 15 is 0 Å². The van der Waals surface area contributed by atoms with E-state index in [0.717, 1.165) is 0 Å². The highest BCUT2D eigenvalue weighted by Gasteiger charge is 2.48. The van der Waals surface area contributed by atoms with Crippen molar-refractivity contribution in [3.05, 3.63) is 87.3 Å². The van der Waals surface area contributed by atoms with Gasteiger partial charge in [-0.3, -0.25) is 14.5 Å². The van der Waals surface area contributed by atoms with E-state index in [1.165, 1.54) is 11.0 Å². The number of rotatable bonds is 5. The number of carbonyl (C=O) groups is 2. The van der Waals surface area contributed by atoms with Crippen LogP contribution in [-0.2, 0) is 9.59 Å². The summed E-state index contributed by atoms with van der Waals surface area (Å²) in [4.78, 5) is 27.5. The number of hydrogen-bond donors (Lipinski definition) is 1. The van der Waals surface area contributed by atoms with Crippen molar-refractivity contribution in [2.75, 3.05) is 11.5 Å². The largest absolute Gasteiger partial charge is 0.507 e. The molecule has 1 aromatic heterocycles. The van der Waals surface area contributed by atoms with Crippen LogP contribution in [0.5, 0.6) is 5.75 Å². The molecule has 1 aliphatic heterocycles. The maximum Gasteiger partial charge on any atom is 0.300 e. The summed E-state index contributed by atoms with van der Waals surface area (Å²) in [6, 6.07) is 13.6. The van der Waals surface area contributed by atoms with Crippen molar-refractivity contribution < 1.29 is 23.8 Å². The van der Waals surface area contributed by atoms with Crippen LogP contribution in [0.25, 0.3) is 5.76 Å². The number of nitrogens with zero attached hydrogens (tertiary/aromatic N) is 1. The number of ketones is 1. The first-order valence-electron chi connectivity index (χ1n) is 9.87. The van der Waals surface area contributed by atoms with Gasteiger partial charge >= 0.3 is 0 Å². The fourth-order valence-corrected chi connectivity index (χ4v) is 4.02. The van der Waals surface area contributed by atoms with Crippen LogP contribution in [-0.4, -0.2) is 23.4 Å². The molecule has 1 unspecified atom stereocenters. The van der Waals surface area contributed by atoms with Gasteiger partial charge in [0.15, 0.2) is 0 Å². The highest BCUT2D eigenvalue weighted by Crippen LogP contribution is 2.43. The van der Waals surface area contributed by atoms with Crippen molar-refractivity contribution in [3.63, 3.8) is 0 Å². The first-order valence-corrected chi connectivity index (χ1v) is 10.6. The van der Waals surface area contributed by atoms with Crippen molar-refractivity contribution in [1.29, 1.82) is 0 Å². The molecular formula is C24H19Cl2NO5. The lowest BCUT2D eigenvalue weighted by atomic mass is 9.99. The number of halogens is 2. The van der Waals surface area contributed by atoms with Crippen LogP contribution in [0.1, 0.15) is 30.0 Å². The number of anilines is 1. The molecule has 1 fully saturated rings. The number of benzene rings is 2. The van der Waals surface area contributed by atoms with Gasteiger partial charge in [-0.15, -0.1) is 0 Å². The molecule has 0 bridgehead atoms. The lowest BCUT2D eigenvalue weighted by Crippen LogP contribution is -2.29. The Morgan fingerprint density at radius 3 is 2.56 bits per heavy atom. The van der Waals surface area contributed by atoms with Crippen LogP contribution in [0.4, 0.5) is 5.69 Å². The van der Waals surface area contributed by atoms with Gasteiger partial charge in [-0.1, -0.05) is 29.3 Å². The van der Waals surface area contributed by atoms with E-state index in [9.17, 15) is 14.7 Å². The monoisotopic (exact) mass is 471 g/mol. The summed E-state index contributed by atoms with van der Waals surface area (Å²) in [6.45, 7) is 3.93. The molecule has 3 aromatic rings. The average Bonchev–Trinajstić information content (AvgIpc) is 3.30. The predicted molar refractivity (Wildman–Crippen MR) is 122 cm³/mol. The number of aliphatic hydroxyl groups excluding tert-OH is 1. The van der Waals surface area contributed by atoms with Crippen molar-refractivity contribution in [2.45, 2.75) is 19.9 Å². The Labute approximate surface area is 194 Å². The van der Waals surface area contributed by atoms with Crippen LogP contribution in [0.2, 0.25) is 10.0 Å². The SMILES string of the molecule is CCOc1cc(/C(O)=C2/C(=O)C(=O)N(c3cccc(Cl)c3)C2c2ccc(C)o2)ccc1Cl. The Kier molecular flexibility index (Phi) is 6.00. The third-order valence-electron chi connectivity index (χ3n) is 5.07. The number of ether oxygens (including phenoxy) is 1. The molecule has 164 valence electrons. The summed E-state index contributed by atoms with van der Waals surface area (Å²) in [5.41, 5.74) is 0.591. The lowest BCUT2D eigenvalue weighted by molar-refractivity contribution is -0.132. The van der Waals surface area contributed by atoms with Crippen molar-refractivity contribution in [3.8, 4) is 5.75 Å². The average molecular weight is 472 g/mol. The van der Waals surface area contributed by atoms with Crippen LogP contribution in [0.15, 0.2) is 64.6 Å². The van der Waals surface area contributed by atoms with Gasteiger partial charge in [0.2, 0.25) is 0 Å². The van der Waals surface area contributed by atoms with Gasteiger partial charge in [0, 0.05) is 16.3 Å². The van der Waals surface area contributed by atoms with Crippen LogP contribution in [0.3, 0.4) is 0 Å². The normalized spacial score (nSPS) is 17.8. The fraction of sp³-hybridized carbons (Fsp3) is 0.167. The smallest absolute Gasteiger partial charge is 0.300 e. The Balaban J connectivity index is 1.92. The summed E-state index contributed by atoms with van der Waals surface area (Å²) >= 11 is 12.3. The number of carbonyl (C=O) groups excluding carboxylic acids is 2. The first-order chi connectivity index (χ1) is 15.3. The van der Waals surface area contributed by atoms with Gasteiger partial charge in [0.1, 0.15) is 29.1 Å². The second-order valence-electron chi connectivity index (χ2n) is 7.18. The molecule has 4 rings (SSSR count). The molecule has 0 aliphatic carbocycles. The molecule has 1 aliphatic rings. The first kappa shape index (κ1) is 22.0. The molecule has 1 amide bonds. The van der Waals surface area contributed by atoms with Gasteiger partial charge in [0.25, 0.3) is 11.7 Å². The van der Waals surface area contributed by atoms with E-state index in [-0.39, 0.29) is 16.9 Å². The summed E-state index contributed by atoms with van der Waals surface area (Å²) in [6.07, 6.45) is 0. The maximum absolute atomic E-state index is 13.1. The Bertz CT molecular complexity index is 1250. The zero-order valence-corrected chi connectivity index (χ0v) is 18.8. The molecular weight excluding hydrogens is 453 g/mol. The van der Waals surface area contributed by atoms with Crippen LogP contribution >= 0.6 is 23.2 Å². The molecule has 0 spiro atoms. The van der Waals surface area contributed by atoms with E-state index < -0.39 is 17.7 Å². The fourth-order valence-electron chi connectivity index (χ4n) is 3.67. The second-order valence-corrected chi connectivity index (χ2v) is 8.02. The van der Waals surface area contributed by atoms with Crippen molar-refractivity contribution >= 4 is 46.3 Å².